The summed E-state index contributed by atoms with van der Waals surface area (Å²) < 4.78 is 0. The maximum Gasteiger partial charge on any atom is 0.326 e. The van der Waals surface area contributed by atoms with E-state index < -0.39 is 12.0 Å². The Kier molecular flexibility index (Phi) is 4.80. The van der Waals surface area contributed by atoms with Crippen molar-refractivity contribution in [2.45, 2.75) is 26.8 Å². The van der Waals surface area contributed by atoms with Crippen LogP contribution in [0.25, 0.3) is 0 Å². The van der Waals surface area contributed by atoms with E-state index >= 15 is 0 Å². The van der Waals surface area contributed by atoms with E-state index in [4.69, 9.17) is 5.11 Å². The Morgan fingerprint density at radius 1 is 1.38 bits per heavy atom. The lowest BCUT2D eigenvalue weighted by Gasteiger charge is -2.16. The van der Waals surface area contributed by atoms with Crippen LogP contribution in [0.4, 0.5) is 0 Å². The van der Waals surface area contributed by atoms with Crippen molar-refractivity contribution in [2.24, 2.45) is 5.92 Å². The Balaban J connectivity index is 4.27. The summed E-state index contributed by atoms with van der Waals surface area (Å²) in [4.78, 5) is 21.6. The molecule has 0 spiro atoms. The molecule has 13 heavy (non-hydrogen) atoms. The molecule has 0 aromatic carbocycles. The number of nitrogens with one attached hydrogen (secondary N) is 1. The topological polar surface area (TPSA) is 66.4 Å². The van der Waals surface area contributed by atoms with Crippen molar-refractivity contribution < 1.29 is 14.7 Å². The van der Waals surface area contributed by atoms with Crippen LogP contribution in [0, 0.1) is 5.92 Å². The smallest absolute Gasteiger partial charge is 0.326 e. The lowest BCUT2D eigenvalue weighted by molar-refractivity contribution is -0.142. The van der Waals surface area contributed by atoms with Crippen molar-refractivity contribution in [3.63, 3.8) is 0 Å². The molecule has 4 nitrogen and oxygen atoms in total. The molecule has 0 rings (SSSR count). The Hall–Kier alpha value is -1.32. The van der Waals surface area contributed by atoms with Gasteiger partial charge in [-0.3, -0.25) is 4.79 Å². The molecule has 1 atom stereocenters. The van der Waals surface area contributed by atoms with Crippen LogP contribution in [0.5, 0.6) is 0 Å². The molecule has 0 aliphatic heterocycles. The van der Waals surface area contributed by atoms with Crippen molar-refractivity contribution in [1.82, 2.24) is 5.32 Å². The first-order valence-corrected chi connectivity index (χ1v) is 4.15. The molecule has 0 heterocycles. The summed E-state index contributed by atoms with van der Waals surface area (Å²) in [6.45, 7) is 5.19. The van der Waals surface area contributed by atoms with Crippen molar-refractivity contribution in [3.05, 3.63) is 12.2 Å². The van der Waals surface area contributed by atoms with Crippen molar-refractivity contribution in [1.29, 1.82) is 0 Å². The molecule has 0 saturated heterocycles. The van der Waals surface area contributed by atoms with Gasteiger partial charge in [0.1, 0.15) is 6.04 Å². The molecule has 0 bridgehead atoms. The minimum atomic E-state index is -1.01. The number of aliphatic carboxylic acids is 1. The zero-order valence-corrected chi connectivity index (χ0v) is 8.07. The average Bonchev–Trinajstić information content (AvgIpc) is 1.99. The SMILES string of the molecule is C/C=C/C(=O)N[C@H](C(=O)O)C(C)C. The number of rotatable bonds is 4. The normalized spacial score (nSPS) is 13.2. The predicted octanol–water partition coefficient (Wildman–Crippen LogP) is 0.788. The molecule has 0 saturated carbocycles. The third-order valence-electron chi connectivity index (χ3n) is 1.55. The molecule has 0 aliphatic carbocycles. The molecule has 0 radical (unpaired) electrons. The number of allylic oxidation sites excluding steroid dienone is 1. The standard InChI is InChI=1S/C9H15NO3/c1-4-5-7(11)10-8(6(2)3)9(12)13/h4-6,8H,1-3H3,(H,10,11)(H,12,13)/b5-4+/t8-/m0/s1. The quantitative estimate of drug-likeness (QED) is 0.636. The number of hydrogen-bond donors (Lipinski definition) is 2. The van der Waals surface area contributed by atoms with Gasteiger partial charge in [-0.15, -0.1) is 0 Å². The van der Waals surface area contributed by atoms with E-state index in [1.807, 2.05) is 0 Å². The van der Waals surface area contributed by atoms with Crippen molar-refractivity contribution in [3.8, 4) is 0 Å². The highest BCUT2D eigenvalue weighted by atomic mass is 16.4. The molecule has 74 valence electrons. The second-order valence-corrected chi connectivity index (χ2v) is 3.07. The van der Waals surface area contributed by atoms with Crippen molar-refractivity contribution in [2.75, 3.05) is 0 Å². The summed E-state index contributed by atoms with van der Waals surface area (Å²) in [7, 11) is 0. The van der Waals surface area contributed by atoms with Crippen LogP contribution in [0.15, 0.2) is 12.2 Å². The van der Waals surface area contributed by atoms with Gasteiger partial charge in [0.05, 0.1) is 0 Å². The monoisotopic (exact) mass is 185 g/mol. The fourth-order valence-electron chi connectivity index (χ4n) is 0.866. The number of amides is 1. The van der Waals surface area contributed by atoms with E-state index in [1.165, 1.54) is 6.08 Å². The summed E-state index contributed by atoms with van der Waals surface area (Å²) in [5.74, 6) is -1.50. The molecule has 0 aromatic rings. The number of carboxylic acid groups (broad SMARTS) is 1. The summed E-state index contributed by atoms with van der Waals surface area (Å²) in [6, 6.07) is -0.816. The van der Waals surface area contributed by atoms with Gasteiger partial charge < -0.3 is 10.4 Å². The first kappa shape index (κ1) is 11.7. The third kappa shape index (κ3) is 4.30. The summed E-state index contributed by atoms with van der Waals surface area (Å²) in [6.07, 6.45) is 2.87. The maximum atomic E-state index is 11.0. The van der Waals surface area contributed by atoms with E-state index in [2.05, 4.69) is 5.32 Å². The van der Waals surface area contributed by atoms with Gasteiger partial charge >= 0.3 is 5.97 Å². The van der Waals surface area contributed by atoms with Crippen LogP contribution >= 0.6 is 0 Å². The zero-order chi connectivity index (χ0) is 10.4. The molecular weight excluding hydrogens is 170 g/mol. The van der Waals surface area contributed by atoms with Crippen LogP contribution in [0.2, 0.25) is 0 Å². The average molecular weight is 185 g/mol. The number of carbonyl (C=O) groups excluding carboxylic acids is 1. The predicted molar refractivity (Wildman–Crippen MR) is 49.2 cm³/mol. The summed E-state index contributed by atoms with van der Waals surface area (Å²) in [5, 5.41) is 11.1. The van der Waals surface area contributed by atoms with Crippen LogP contribution < -0.4 is 5.32 Å². The van der Waals surface area contributed by atoms with Crippen LogP contribution in [-0.4, -0.2) is 23.0 Å². The molecule has 0 aromatic heterocycles. The Morgan fingerprint density at radius 2 is 1.92 bits per heavy atom. The molecule has 2 N–H and O–H groups in total. The fraction of sp³-hybridized carbons (Fsp3) is 0.556. The second-order valence-electron chi connectivity index (χ2n) is 3.07. The van der Waals surface area contributed by atoms with Gasteiger partial charge in [-0.1, -0.05) is 19.9 Å². The molecular formula is C9H15NO3. The largest absolute Gasteiger partial charge is 0.480 e. The van der Waals surface area contributed by atoms with Gasteiger partial charge in [0, 0.05) is 0 Å². The van der Waals surface area contributed by atoms with Gasteiger partial charge in [0.25, 0.3) is 0 Å². The second kappa shape index (κ2) is 5.35. The van der Waals surface area contributed by atoms with Gasteiger partial charge in [-0.25, -0.2) is 4.79 Å². The third-order valence-corrected chi connectivity index (χ3v) is 1.55. The van der Waals surface area contributed by atoms with Crippen LogP contribution in [0.3, 0.4) is 0 Å². The number of carboxylic acids is 1. The van der Waals surface area contributed by atoms with Crippen molar-refractivity contribution >= 4 is 11.9 Å². The lowest BCUT2D eigenvalue weighted by atomic mass is 10.1. The highest BCUT2D eigenvalue weighted by Gasteiger charge is 2.22. The summed E-state index contributed by atoms with van der Waals surface area (Å²) in [5.41, 5.74) is 0. The first-order chi connectivity index (χ1) is 5.99. The van der Waals surface area contributed by atoms with Gasteiger partial charge in [0.15, 0.2) is 0 Å². The first-order valence-electron chi connectivity index (χ1n) is 4.15. The number of carbonyl (C=O) groups is 2. The van der Waals surface area contributed by atoms with E-state index in [0.717, 1.165) is 0 Å². The Bertz CT molecular complexity index is 221. The lowest BCUT2D eigenvalue weighted by Crippen LogP contribution is -2.43. The maximum absolute atomic E-state index is 11.0. The summed E-state index contributed by atoms with van der Waals surface area (Å²) >= 11 is 0. The zero-order valence-electron chi connectivity index (χ0n) is 8.07. The minimum Gasteiger partial charge on any atom is -0.480 e. The van der Waals surface area contributed by atoms with E-state index in [9.17, 15) is 9.59 Å². The number of hydrogen-bond acceptors (Lipinski definition) is 2. The van der Waals surface area contributed by atoms with E-state index in [-0.39, 0.29) is 11.8 Å². The Labute approximate surface area is 77.6 Å². The van der Waals surface area contributed by atoms with E-state index in [0.29, 0.717) is 0 Å². The van der Waals surface area contributed by atoms with Crippen LogP contribution in [-0.2, 0) is 9.59 Å². The van der Waals surface area contributed by atoms with E-state index in [1.54, 1.807) is 26.8 Å². The molecule has 0 unspecified atom stereocenters. The van der Waals surface area contributed by atoms with Gasteiger partial charge in [-0.2, -0.15) is 0 Å². The fourth-order valence-corrected chi connectivity index (χ4v) is 0.866. The molecule has 4 heteroatoms. The minimum absolute atomic E-state index is 0.119. The highest BCUT2D eigenvalue weighted by Crippen LogP contribution is 2.01. The molecule has 0 fully saturated rings. The van der Waals surface area contributed by atoms with Crippen LogP contribution in [0.1, 0.15) is 20.8 Å². The molecule has 0 aliphatic rings. The Morgan fingerprint density at radius 3 is 2.23 bits per heavy atom. The van der Waals surface area contributed by atoms with Gasteiger partial charge in [-0.05, 0) is 18.9 Å². The van der Waals surface area contributed by atoms with Gasteiger partial charge in [0.2, 0.25) is 5.91 Å². The highest BCUT2D eigenvalue weighted by molar-refractivity contribution is 5.91. The molecule has 1 amide bonds.